The fraction of sp³-hybridized carbons (Fsp3) is 0.533. The number of halogens is 1. The van der Waals surface area contributed by atoms with Crippen LogP contribution in [0.15, 0.2) is 22.7 Å². The average Bonchev–Trinajstić information content (AvgIpc) is 2.38. The van der Waals surface area contributed by atoms with Crippen molar-refractivity contribution in [2.24, 2.45) is 0 Å². The number of carbonyl (C=O) groups is 1. The lowest BCUT2D eigenvalue weighted by molar-refractivity contribution is -0.147. The molecule has 1 aliphatic heterocycles. The molecule has 2 aliphatic rings. The van der Waals surface area contributed by atoms with Gasteiger partial charge in [-0.1, -0.05) is 12.5 Å². The number of benzene rings is 1. The zero-order valence-electron chi connectivity index (χ0n) is 11.3. The number of aliphatic carboxylic acids is 1. The van der Waals surface area contributed by atoms with Crippen molar-refractivity contribution < 1.29 is 14.6 Å². The summed E-state index contributed by atoms with van der Waals surface area (Å²) < 4.78 is 6.34. The molecule has 1 N–H and O–H groups in total. The molecular formula is C15H18BrNO3. The highest BCUT2D eigenvalue weighted by atomic mass is 79.9. The summed E-state index contributed by atoms with van der Waals surface area (Å²) in [6.07, 6.45) is 2.48. The largest absolute Gasteiger partial charge is 0.481 e. The van der Waals surface area contributed by atoms with E-state index in [4.69, 9.17) is 4.74 Å². The van der Waals surface area contributed by atoms with E-state index in [0.29, 0.717) is 0 Å². The molecule has 0 bridgehead atoms. The van der Waals surface area contributed by atoms with Crippen molar-refractivity contribution in [3.8, 4) is 0 Å². The Morgan fingerprint density at radius 1 is 1.30 bits per heavy atom. The van der Waals surface area contributed by atoms with Crippen LogP contribution in [0.4, 0.5) is 5.69 Å². The first-order chi connectivity index (χ1) is 9.63. The van der Waals surface area contributed by atoms with E-state index in [-0.39, 0.29) is 0 Å². The van der Waals surface area contributed by atoms with Crippen LogP contribution in [0, 0.1) is 0 Å². The molecular weight excluding hydrogens is 322 g/mol. The van der Waals surface area contributed by atoms with Crippen LogP contribution < -0.4 is 4.90 Å². The molecule has 4 nitrogen and oxygen atoms in total. The fourth-order valence-corrected chi connectivity index (χ4v) is 3.65. The molecule has 0 atom stereocenters. The van der Waals surface area contributed by atoms with Gasteiger partial charge in [0.2, 0.25) is 0 Å². The molecule has 20 heavy (non-hydrogen) atoms. The van der Waals surface area contributed by atoms with Gasteiger partial charge < -0.3 is 14.7 Å². The highest BCUT2D eigenvalue weighted by Gasteiger charge is 2.46. The molecule has 2 fully saturated rings. The van der Waals surface area contributed by atoms with Crippen molar-refractivity contribution in [3.63, 3.8) is 0 Å². The fourth-order valence-electron chi connectivity index (χ4n) is 3.02. The van der Waals surface area contributed by atoms with Gasteiger partial charge >= 0.3 is 5.97 Å². The van der Waals surface area contributed by atoms with E-state index >= 15 is 0 Å². The third kappa shape index (κ3) is 2.23. The maximum absolute atomic E-state index is 11.6. The number of nitrogens with zero attached hydrogens (tertiary/aromatic N) is 1. The number of carboxylic acid groups (broad SMARTS) is 1. The second-order valence-electron chi connectivity index (χ2n) is 5.51. The molecule has 5 heteroatoms. The summed E-state index contributed by atoms with van der Waals surface area (Å²) in [6, 6.07) is 5.99. The summed E-state index contributed by atoms with van der Waals surface area (Å²) in [7, 11) is 0. The number of ether oxygens (including phenoxy) is 1. The Labute approximate surface area is 126 Å². The van der Waals surface area contributed by atoms with Gasteiger partial charge in [0, 0.05) is 17.6 Å². The number of morpholine rings is 1. The predicted molar refractivity (Wildman–Crippen MR) is 80.3 cm³/mol. The maximum atomic E-state index is 11.6. The van der Waals surface area contributed by atoms with Gasteiger partial charge in [0.25, 0.3) is 0 Å². The Bertz CT molecular complexity index is 522. The van der Waals surface area contributed by atoms with E-state index < -0.39 is 11.4 Å². The SMILES string of the molecule is O=C(O)C1(c2ccc(N3CCOCC3)c(Br)c2)CCC1. The summed E-state index contributed by atoms with van der Waals surface area (Å²) in [5.41, 5.74) is 1.38. The molecule has 1 aromatic rings. The summed E-state index contributed by atoms with van der Waals surface area (Å²) in [5.74, 6) is -0.699. The van der Waals surface area contributed by atoms with Crippen molar-refractivity contribution in [2.75, 3.05) is 31.2 Å². The van der Waals surface area contributed by atoms with Crippen LogP contribution >= 0.6 is 15.9 Å². The smallest absolute Gasteiger partial charge is 0.314 e. The number of hydrogen-bond acceptors (Lipinski definition) is 3. The number of carboxylic acids is 1. The van der Waals surface area contributed by atoms with Crippen molar-refractivity contribution in [1.29, 1.82) is 0 Å². The minimum Gasteiger partial charge on any atom is -0.481 e. The van der Waals surface area contributed by atoms with E-state index in [1.807, 2.05) is 18.2 Å². The lowest BCUT2D eigenvalue weighted by atomic mass is 9.64. The van der Waals surface area contributed by atoms with Gasteiger partial charge in [0.1, 0.15) is 0 Å². The Kier molecular flexibility index (Phi) is 3.73. The van der Waals surface area contributed by atoms with Crippen LogP contribution in [0.3, 0.4) is 0 Å². The topological polar surface area (TPSA) is 49.8 Å². The van der Waals surface area contributed by atoms with Crippen molar-refractivity contribution >= 4 is 27.6 Å². The van der Waals surface area contributed by atoms with Gasteiger partial charge in [-0.25, -0.2) is 0 Å². The molecule has 1 aromatic carbocycles. The van der Waals surface area contributed by atoms with Crippen LogP contribution in [0.5, 0.6) is 0 Å². The van der Waals surface area contributed by atoms with Gasteiger partial charge in [0.15, 0.2) is 0 Å². The second-order valence-corrected chi connectivity index (χ2v) is 6.36. The minimum absolute atomic E-state index is 0.661. The molecule has 3 rings (SSSR count). The minimum atomic E-state index is -0.699. The van der Waals surface area contributed by atoms with Crippen molar-refractivity contribution in [1.82, 2.24) is 0 Å². The second kappa shape index (κ2) is 5.37. The lowest BCUT2D eigenvalue weighted by Crippen LogP contribution is -2.42. The highest BCUT2D eigenvalue weighted by Crippen LogP contribution is 2.45. The average molecular weight is 340 g/mol. The first kappa shape index (κ1) is 13.9. The van der Waals surface area contributed by atoms with Crippen LogP contribution in [0.25, 0.3) is 0 Å². The summed E-state index contributed by atoms with van der Waals surface area (Å²) in [5, 5.41) is 9.50. The Morgan fingerprint density at radius 2 is 2.00 bits per heavy atom. The van der Waals surface area contributed by atoms with Crippen LogP contribution in [0.1, 0.15) is 24.8 Å². The predicted octanol–water partition coefficient (Wildman–Crippen LogP) is 2.79. The first-order valence-corrected chi connectivity index (χ1v) is 7.79. The van der Waals surface area contributed by atoms with Crippen LogP contribution in [-0.4, -0.2) is 37.4 Å². The normalized spacial score (nSPS) is 21.4. The molecule has 1 heterocycles. The van der Waals surface area contributed by atoms with Crippen LogP contribution in [0.2, 0.25) is 0 Å². The van der Waals surface area contributed by atoms with Crippen LogP contribution in [-0.2, 0) is 14.9 Å². The van der Waals surface area contributed by atoms with E-state index in [9.17, 15) is 9.90 Å². The summed E-state index contributed by atoms with van der Waals surface area (Å²) in [4.78, 5) is 13.8. The monoisotopic (exact) mass is 339 g/mol. The Morgan fingerprint density at radius 3 is 2.50 bits per heavy atom. The summed E-state index contributed by atoms with van der Waals surface area (Å²) >= 11 is 3.60. The quantitative estimate of drug-likeness (QED) is 0.919. The van der Waals surface area contributed by atoms with Gasteiger partial charge in [-0.05, 0) is 46.5 Å². The van der Waals surface area contributed by atoms with Gasteiger partial charge in [-0.2, -0.15) is 0 Å². The molecule has 1 aliphatic carbocycles. The van der Waals surface area contributed by atoms with Gasteiger partial charge in [0.05, 0.1) is 24.3 Å². The molecule has 1 saturated carbocycles. The molecule has 0 unspecified atom stereocenters. The number of hydrogen-bond donors (Lipinski definition) is 1. The third-order valence-electron chi connectivity index (χ3n) is 4.47. The third-order valence-corrected chi connectivity index (χ3v) is 5.10. The molecule has 0 aromatic heterocycles. The Hall–Kier alpha value is -1.07. The Balaban J connectivity index is 1.89. The lowest BCUT2D eigenvalue weighted by Gasteiger charge is -2.38. The maximum Gasteiger partial charge on any atom is 0.314 e. The van der Waals surface area contributed by atoms with Gasteiger partial charge in [-0.15, -0.1) is 0 Å². The van der Waals surface area contributed by atoms with E-state index in [1.54, 1.807) is 0 Å². The standard InChI is InChI=1S/C15H18BrNO3/c16-12-10-11(15(14(18)19)4-1-5-15)2-3-13(12)17-6-8-20-9-7-17/h2-3,10H,1,4-9H2,(H,18,19). The summed E-state index contributed by atoms with van der Waals surface area (Å²) in [6.45, 7) is 3.24. The molecule has 108 valence electrons. The van der Waals surface area contributed by atoms with Crippen molar-refractivity contribution in [3.05, 3.63) is 28.2 Å². The zero-order chi connectivity index (χ0) is 14.2. The number of anilines is 1. The zero-order valence-corrected chi connectivity index (χ0v) is 12.9. The number of rotatable bonds is 3. The first-order valence-electron chi connectivity index (χ1n) is 7.00. The van der Waals surface area contributed by atoms with E-state index in [2.05, 4.69) is 20.8 Å². The molecule has 0 amide bonds. The van der Waals surface area contributed by atoms with Crippen molar-refractivity contribution in [2.45, 2.75) is 24.7 Å². The molecule has 0 spiro atoms. The molecule has 0 radical (unpaired) electrons. The van der Waals surface area contributed by atoms with Gasteiger partial charge in [-0.3, -0.25) is 4.79 Å². The molecule has 1 saturated heterocycles. The van der Waals surface area contributed by atoms with E-state index in [1.165, 1.54) is 0 Å². The highest BCUT2D eigenvalue weighted by molar-refractivity contribution is 9.10. The van der Waals surface area contributed by atoms with E-state index in [0.717, 1.165) is 61.3 Å².